The summed E-state index contributed by atoms with van der Waals surface area (Å²) in [5, 5.41) is 3.37. The molecule has 1 heterocycles. The molecule has 2 aromatic rings. The van der Waals surface area contributed by atoms with Crippen LogP contribution in [-0.2, 0) is 13.0 Å². The van der Waals surface area contributed by atoms with Crippen LogP contribution < -0.4 is 11.1 Å². The highest BCUT2D eigenvalue weighted by molar-refractivity contribution is 5.92. The van der Waals surface area contributed by atoms with E-state index in [9.17, 15) is 4.79 Å². The minimum Gasteiger partial charge on any atom is -0.366 e. The van der Waals surface area contributed by atoms with Gasteiger partial charge in [0.25, 0.3) is 0 Å². The van der Waals surface area contributed by atoms with Crippen molar-refractivity contribution in [2.24, 2.45) is 5.73 Å². The molecule has 1 amide bonds. The molecule has 0 bridgehead atoms. The Balaban J connectivity index is 1.88. The summed E-state index contributed by atoms with van der Waals surface area (Å²) in [5.74, 6) is -0.397. The maximum Gasteiger partial charge on any atom is 0.248 e. The van der Waals surface area contributed by atoms with Crippen LogP contribution in [0.3, 0.4) is 0 Å². The number of carbonyl (C=O) groups is 1. The molecule has 5 nitrogen and oxygen atoms in total. The molecule has 0 atom stereocenters. The number of carbonyl (C=O) groups excluding carboxylic acids is 1. The fraction of sp³-hybridized carbons (Fsp3) is 0.375. The summed E-state index contributed by atoms with van der Waals surface area (Å²) in [7, 11) is 0. The lowest BCUT2D eigenvalue weighted by atomic mass is 10.1. The molecule has 3 N–H and O–H groups in total. The van der Waals surface area contributed by atoms with E-state index in [1.54, 1.807) is 12.1 Å². The minimum atomic E-state index is -0.397. The van der Waals surface area contributed by atoms with Crippen molar-refractivity contribution in [3.8, 4) is 0 Å². The van der Waals surface area contributed by atoms with Crippen molar-refractivity contribution in [3.63, 3.8) is 0 Å². The maximum absolute atomic E-state index is 11.0. The molecule has 0 spiro atoms. The third-order valence-electron chi connectivity index (χ3n) is 3.28. The Morgan fingerprint density at radius 2 is 2.05 bits per heavy atom. The molecule has 1 aromatic heterocycles. The van der Waals surface area contributed by atoms with Gasteiger partial charge in [-0.25, -0.2) is 4.98 Å². The van der Waals surface area contributed by atoms with Gasteiger partial charge in [0.2, 0.25) is 5.91 Å². The van der Waals surface area contributed by atoms with E-state index in [2.05, 4.69) is 28.0 Å². The first-order chi connectivity index (χ1) is 10.2. The van der Waals surface area contributed by atoms with Crippen LogP contribution in [0.1, 0.15) is 35.0 Å². The fourth-order valence-electron chi connectivity index (χ4n) is 2.13. The molecule has 0 aliphatic rings. The van der Waals surface area contributed by atoms with Crippen LogP contribution in [-0.4, -0.2) is 28.5 Å². The van der Waals surface area contributed by atoms with Gasteiger partial charge in [-0.2, -0.15) is 0 Å². The van der Waals surface area contributed by atoms with E-state index >= 15 is 0 Å². The van der Waals surface area contributed by atoms with Gasteiger partial charge in [-0.15, -0.1) is 0 Å². The Bertz CT molecular complexity index is 574. The number of nitrogens with one attached hydrogen (secondary N) is 1. The monoisotopic (exact) mass is 286 g/mol. The topological polar surface area (TPSA) is 72.9 Å². The van der Waals surface area contributed by atoms with Crippen LogP contribution in [0.15, 0.2) is 36.8 Å². The third kappa shape index (κ3) is 4.72. The zero-order valence-electron chi connectivity index (χ0n) is 12.4. The highest BCUT2D eigenvalue weighted by Gasteiger charge is 2.02. The van der Waals surface area contributed by atoms with E-state index in [0.717, 1.165) is 43.7 Å². The number of amides is 1. The Hall–Kier alpha value is -2.14. The molecule has 0 saturated heterocycles. The summed E-state index contributed by atoms with van der Waals surface area (Å²) in [5.41, 5.74) is 7.97. The summed E-state index contributed by atoms with van der Waals surface area (Å²) in [6.45, 7) is 4.91. The number of hydrogen-bond acceptors (Lipinski definition) is 3. The predicted octanol–water partition coefficient (Wildman–Crippen LogP) is 1.57. The summed E-state index contributed by atoms with van der Waals surface area (Å²) in [6.07, 6.45) is 6.00. The van der Waals surface area contributed by atoms with E-state index in [-0.39, 0.29) is 0 Å². The SMILES string of the molecule is CCCNCCc1cn(Cc2ccc(C(N)=O)cc2)cn1. The van der Waals surface area contributed by atoms with Gasteiger partial charge in [0.1, 0.15) is 0 Å². The molecule has 0 unspecified atom stereocenters. The van der Waals surface area contributed by atoms with Crippen LogP contribution in [0.25, 0.3) is 0 Å². The molecule has 0 radical (unpaired) electrons. The van der Waals surface area contributed by atoms with Gasteiger partial charge >= 0.3 is 0 Å². The van der Waals surface area contributed by atoms with Gasteiger partial charge in [-0.05, 0) is 30.7 Å². The Morgan fingerprint density at radius 1 is 1.29 bits per heavy atom. The second-order valence-electron chi connectivity index (χ2n) is 5.10. The van der Waals surface area contributed by atoms with Crippen LogP contribution in [0.5, 0.6) is 0 Å². The van der Waals surface area contributed by atoms with Crippen molar-refractivity contribution < 1.29 is 4.79 Å². The number of nitrogens with zero attached hydrogens (tertiary/aromatic N) is 2. The van der Waals surface area contributed by atoms with Crippen LogP contribution in [0.2, 0.25) is 0 Å². The number of rotatable bonds is 8. The van der Waals surface area contributed by atoms with Gasteiger partial charge in [-0.1, -0.05) is 19.1 Å². The first-order valence-electron chi connectivity index (χ1n) is 7.29. The number of hydrogen-bond donors (Lipinski definition) is 2. The van der Waals surface area contributed by atoms with E-state index < -0.39 is 5.91 Å². The van der Waals surface area contributed by atoms with Crippen LogP contribution in [0.4, 0.5) is 0 Å². The van der Waals surface area contributed by atoms with Crippen LogP contribution >= 0.6 is 0 Å². The molecule has 0 fully saturated rings. The Kier molecular flexibility index (Phi) is 5.51. The zero-order chi connectivity index (χ0) is 15.1. The summed E-state index contributed by atoms with van der Waals surface area (Å²) < 4.78 is 2.05. The fourth-order valence-corrected chi connectivity index (χ4v) is 2.13. The lowest BCUT2D eigenvalue weighted by Gasteiger charge is -2.03. The zero-order valence-corrected chi connectivity index (χ0v) is 12.4. The number of nitrogens with two attached hydrogens (primary N) is 1. The largest absolute Gasteiger partial charge is 0.366 e. The lowest BCUT2D eigenvalue weighted by Crippen LogP contribution is -2.17. The van der Waals surface area contributed by atoms with Gasteiger partial charge in [0.05, 0.1) is 12.0 Å². The molecule has 5 heteroatoms. The highest BCUT2D eigenvalue weighted by atomic mass is 16.1. The van der Waals surface area contributed by atoms with Crippen molar-refractivity contribution in [1.82, 2.24) is 14.9 Å². The van der Waals surface area contributed by atoms with Crippen molar-refractivity contribution in [2.75, 3.05) is 13.1 Å². The number of primary amides is 1. The summed E-state index contributed by atoms with van der Waals surface area (Å²) in [4.78, 5) is 15.4. The lowest BCUT2D eigenvalue weighted by molar-refractivity contribution is 0.100. The van der Waals surface area contributed by atoms with E-state index in [0.29, 0.717) is 5.56 Å². The molecule has 112 valence electrons. The predicted molar refractivity (Wildman–Crippen MR) is 83.2 cm³/mol. The third-order valence-corrected chi connectivity index (χ3v) is 3.28. The van der Waals surface area contributed by atoms with Crippen molar-refractivity contribution in [3.05, 3.63) is 53.6 Å². The molecule has 0 saturated carbocycles. The Labute approximate surface area is 125 Å². The van der Waals surface area contributed by atoms with E-state index in [1.807, 2.05) is 18.5 Å². The van der Waals surface area contributed by atoms with Gasteiger partial charge in [0, 0.05) is 31.3 Å². The van der Waals surface area contributed by atoms with Gasteiger partial charge < -0.3 is 15.6 Å². The number of aromatic nitrogens is 2. The molecule has 0 aliphatic heterocycles. The first-order valence-corrected chi connectivity index (χ1v) is 7.29. The maximum atomic E-state index is 11.0. The highest BCUT2D eigenvalue weighted by Crippen LogP contribution is 2.07. The van der Waals surface area contributed by atoms with Gasteiger partial charge in [0.15, 0.2) is 0 Å². The van der Waals surface area contributed by atoms with Crippen molar-refractivity contribution in [2.45, 2.75) is 26.3 Å². The Morgan fingerprint density at radius 3 is 2.71 bits per heavy atom. The molecule has 2 rings (SSSR count). The molecule has 0 aliphatic carbocycles. The normalized spacial score (nSPS) is 10.7. The van der Waals surface area contributed by atoms with E-state index in [1.165, 1.54) is 0 Å². The quantitative estimate of drug-likeness (QED) is 0.724. The summed E-state index contributed by atoms with van der Waals surface area (Å²) >= 11 is 0. The van der Waals surface area contributed by atoms with Crippen molar-refractivity contribution in [1.29, 1.82) is 0 Å². The average molecular weight is 286 g/mol. The molecule has 21 heavy (non-hydrogen) atoms. The minimum absolute atomic E-state index is 0.397. The smallest absolute Gasteiger partial charge is 0.248 e. The molecule has 1 aromatic carbocycles. The van der Waals surface area contributed by atoms with E-state index in [4.69, 9.17) is 5.73 Å². The van der Waals surface area contributed by atoms with Crippen molar-refractivity contribution >= 4 is 5.91 Å². The average Bonchev–Trinajstić information content (AvgIpc) is 2.92. The second kappa shape index (κ2) is 7.59. The van der Waals surface area contributed by atoms with Crippen LogP contribution in [0, 0.1) is 0 Å². The van der Waals surface area contributed by atoms with Gasteiger partial charge in [-0.3, -0.25) is 4.79 Å². The number of benzene rings is 1. The standard InChI is InChI=1S/C16H22N4O/c1-2-8-18-9-7-15-11-20(12-19-15)10-13-3-5-14(6-4-13)16(17)21/h3-6,11-12,18H,2,7-10H2,1H3,(H2,17,21). The second-order valence-corrected chi connectivity index (χ2v) is 5.10. The molecular weight excluding hydrogens is 264 g/mol. The first kappa shape index (κ1) is 15.3. The summed E-state index contributed by atoms with van der Waals surface area (Å²) in [6, 6.07) is 7.35. The number of imidazole rings is 1. The molecular formula is C16H22N4O.